The Morgan fingerprint density at radius 2 is 1.64 bits per heavy atom. The molecule has 2 rings (SSSR count). The van der Waals surface area contributed by atoms with E-state index >= 15 is 0 Å². The van der Waals surface area contributed by atoms with E-state index in [0.29, 0.717) is 19.8 Å². The summed E-state index contributed by atoms with van der Waals surface area (Å²) < 4.78 is 13.5. The van der Waals surface area contributed by atoms with Crippen molar-refractivity contribution in [3.63, 3.8) is 0 Å². The summed E-state index contributed by atoms with van der Waals surface area (Å²) in [4.78, 5) is 16.0. The second kappa shape index (κ2) is 11.3. The Hall–Kier alpha value is -2.23. The third-order valence-electron chi connectivity index (χ3n) is 3.34. The summed E-state index contributed by atoms with van der Waals surface area (Å²) in [5.41, 5.74) is 2.01. The molecule has 6 heteroatoms. The summed E-state index contributed by atoms with van der Waals surface area (Å²) in [7, 11) is 0. The van der Waals surface area contributed by atoms with Gasteiger partial charge in [0, 0.05) is 0 Å². The Bertz CT molecular complexity index is 688. The summed E-state index contributed by atoms with van der Waals surface area (Å²) in [5, 5.41) is 2.77. The van der Waals surface area contributed by atoms with Crippen LogP contribution in [0.15, 0.2) is 65.7 Å². The topological polar surface area (TPSA) is 59.9 Å². The van der Waals surface area contributed by atoms with Gasteiger partial charge >= 0.3 is 155 Å². The van der Waals surface area contributed by atoms with E-state index in [9.17, 15) is 4.79 Å². The van der Waals surface area contributed by atoms with Crippen LogP contribution in [-0.2, 0) is 22.7 Å². The summed E-state index contributed by atoms with van der Waals surface area (Å²) in [5.74, 6) is 0. The number of amides is 1. The molecule has 0 aliphatic rings. The molecular weight excluding hydrogens is 383 g/mol. The van der Waals surface area contributed by atoms with E-state index in [-0.39, 0.29) is 12.6 Å². The Morgan fingerprint density at radius 1 is 1.04 bits per heavy atom. The Labute approximate surface area is 155 Å². The van der Waals surface area contributed by atoms with Crippen molar-refractivity contribution < 1.29 is 14.3 Å². The van der Waals surface area contributed by atoms with Crippen molar-refractivity contribution >= 4 is 26.4 Å². The summed E-state index contributed by atoms with van der Waals surface area (Å²) in [6.45, 7) is 1.40. The minimum atomic E-state index is -0.493. The molecule has 0 fully saturated rings. The molecule has 2 aromatic rings. The first-order chi connectivity index (χ1) is 12.3. The van der Waals surface area contributed by atoms with Crippen molar-refractivity contribution in [2.75, 3.05) is 13.2 Å². The van der Waals surface area contributed by atoms with Gasteiger partial charge in [0.25, 0.3) is 0 Å². The van der Waals surface area contributed by atoms with Crippen LogP contribution in [0.4, 0.5) is 4.79 Å². The fourth-order valence-electron chi connectivity index (χ4n) is 2.11. The number of aliphatic imine (C=N–C) groups is 1. The average Bonchev–Trinajstić information content (AvgIpc) is 2.66. The molecule has 0 heterocycles. The van der Waals surface area contributed by atoms with E-state index in [4.69, 9.17) is 9.47 Å². The van der Waals surface area contributed by atoms with Gasteiger partial charge < -0.3 is 0 Å². The van der Waals surface area contributed by atoms with Crippen molar-refractivity contribution in [2.24, 2.45) is 4.99 Å². The number of hydrogen-bond donors (Lipinski definition) is 1. The average molecular weight is 403 g/mol. The molecular formula is C19H20N2O3Se. The predicted molar refractivity (Wildman–Crippen MR) is 97.7 cm³/mol. The van der Waals surface area contributed by atoms with Gasteiger partial charge in [-0.1, -0.05) is 0 Å². The number of hydrogen-bond acceptors (Lipinski definition) is 4. The molecule has 130 valence electrons. The molecule has 0 saturated heterocycles. The molecule has 1 amide bonds. The number of ether oxygens (including phenoxy) is 2. The summed E-state index contributed by atoms with van der Waals surface area (Å²) in [6, 6.07) is 19.1. The Balaban J connectivity index is 1.77. The fourth-order valence-corrected chi connectivity index (χ4v) is 2.27. The van der Waals surface area contributed by atoms with E-state index in [1.165, 1.54) is 0 Å². The molecule has 0 radical (unpaired) electrons. The van der Waals surface area contributed by atoms with E-state index < -0.39 is 6.09 Å². The van der Waals surface area contributed by atoms with Crippen LogP contribution in [0, 0.1) is 0 Å². The number of nitrogens with one attached hydrogen (secondary N) is 1. The van der Waals surface area contributed by atoms with Crippen LogP contribution in [-0.4, -0.2) is 45.6 Å². The van der Waals surface area contributed by atoms with E-state index in [2.05, 4.69) is 30.6 Å². The summed E-state index contributed by atoms with van der Waals surface area (Å²) in [6.07, 6.45) is -0.493. The zero-order chi connectivity index (χ0) is 17.7. The molecule has 0 aliphatic heterocycles. The molecule has 0 spiro atoms. The predicted octanol–water partition coefficient (Wildman–Crippen LogP) is 2.57. The quantitative estimate of drug-likeness (QED) is 0.517. The Morgan fingerprint density at radius 3 is 2.24 bits per heavy atom. The van der Waals surface area contributed by atoms with Gasteiger partial charge in [0.15, 0.2) is 0 Å². The van der Waals surface area contributed by atoms with Gasteiger partial charge in [0.2, 0.25) is 0 Å². The van der Waals surface area contributed by atoms with Gasteiger partial charge in [-0.25, -0.2) is 0 Å². The van der Waals surface area contributed by atoms with Crippen molar-refractivity contribution in [2.45, 2.75) is 19.3 Å². The molecule has 0 saturated carbocycles. The first kappa shape index (κ1) is 19.1. The normalized spacial score (nSPS) is 11.2. The van der Waals surface area contributed by atoms with Crippen LogP contribution >= 0.6 is 0 Å². The van der Waals surface area contributed by atoms with Crippen LogP contribution in [0.25, 0.3) is 0 Å². The SMILES string of the molecule is O=C(NC(CN=C=[Se])COCc1ccccc1)OCc1ccccc1. The molecule has 1 atom stereocenters. The monoisotopic (exact) mass is 404 g/mol. The number of carbonyl (C=O) groups excluding carboxylic acids is 1. The van der Waals surface area contributed by atoms with Crippen LogP contribution < -0.4 is 5.32 Å². The molecule has 5 nitrogen and oxygen atoms in total. The van der Waals surface area contributed by atoms with Crippen molar-refractivity contribution in [1.82, 2.24) is 5.32 Å². The third kappa shape index (κ3) is 7.92. The number of carbonyl (C=O) groups is 1. The van der Waals surface area contributed by atoms with Gasteiger partial charge in [-0.3, -0.25) is 0 Å². The van der Waals surface area contributed by atoms with E-state index in [1.54, 1.807) is 0 Å². The zero-order valence-electron chi connectivity index (χ0n) is 13.8. The van der Waals surface area contributed by atoms with Crippen molar-refractivity contribution in [3.8, 4) is 0 Å². The molecule has 2 aromatic carbocycles. The standard InChI is InChI=1S/C19H20N2O3Se/c22-19(24-13-17-9-5-2-6-10-17)21-18(11-20-15-25)14-23-12-16-7-3-1-4-8-16/h1-10,18H,11-14H2,(H,21,22). The number of nitrogens with zero attached hydrogens (tertiary/aromatic N) is 1. The van der Waals surface area contributed by atoms with Gasteiger partial charge in [-0.05, 0) is 0 Å². The van der Waals surface area contributed by atoms with Crippen LogP contribution in [0.3, 0.4) is 0 Å². The molecule has 0 bridgehead atoms. The van der Waals surface area contributed by atoms with E-state index in [0.717, 1.165) is 11.1 Å². The maximum atomic E-state index is 12.0. The first-order valence-electron chi connectivity index (χ1n) is 7.90. The molecule has 1 unspecified atom stereocenters. The molecule has 0 aromatic heterocycles. The molecule has 0 aliphatic carbocycles. The maximum absolute atomic E-state index is 12.0. The second-order valence-corrected chi connectivity index (χ2v) is 5.72. The fraction of sp³-hybridized carbons (Fsp3) is 0.263. The van der Waals surface area contributed by atoms with Crippen molar-refractivity contribution in [1.29, 1.82) is 0 Å². The Kier molecular flexibility index (Phi) is 8.67. The minimum absolute atomic E-state index is 0.223. The van der Waals surface area contributed by atoms with Gasteiger partial charge in [-0.15, -0.1) is 0 Å². The number of alkyl carbamates (subject to hydrolysis) is 1. The van der Waals surface area contributed by atoms with Crippen LogP contribution in [0.2, 0.25) is 0 Å². The van der Waals surface area contributed by atoms with Gasteiger partial charge in [0.1, 0.15) is 0 Å². The first-order valence-corrected chi connectivity index (χ1v) is 8.76. The number of rotatable bonds is 9. The van der Waals surface area contributed by atoms with Gasteiger partial charge in [0.05, 0.1) is 0 Å². The van der Waals surface area contributed by atoms with Crippen molar-refractivity contribution in [3.05, 3.63) is 71.8 Å². The third-order valence-corrected chi connectivity index (χ3v) is 3.61. The van der Waals surface area contributed by atoms with E-state index in [1.807, 2.05) is 60.7 Å². The number of benzene rings is 2. The molecule has 25 heavy (non-hydrogen) atoms. The zero-order valence-corrected chi connectivity index (χ0v) is 15.5. The second-order valence-electron chi connectivity index (χ2n) is 5.34. The molecule has 1 N–H and O–H groups in total. The van der Waals surface area contributed by atoms with Crippen LogP contribution in [0.5, 0.6) is 0 Å². The van der Waals surface area contributed by atoms with Gasteiger partial charge in [-0.2, -0.15) is 0 Å². The van der Waals surface area contributed by atoms with Crippen LogP contribution in [0.1, 0.15) is 11.1 Å². The summed E-state index contributed by atoms with van der Waals surface area (Å²) >= 11 is 2.58.